The van der Waals surface area contributed by atoms with Crippen molar-refractivity contribution in [3.8, 4) is 11.1 Å². The van der Waals surface area contributed by atoms with Crippen molar-refractivity contribution in [1.29, 1.82) is 0 Å². The first kappa shape index (κ1) is 19.1. The Kier molecular flexibility index (Phi) is 5.71. The number of carbonyl (C=O) groups is 2. The normalized spacial score (nSPS) is 10.7. The Labute approximate surface area is 150 Å². The van der Waals surface area contributed by atoms with Gasteiger partial charge in [-0.05, 0) is 42.0 Å². The molecule has 0 aromatic heterocycles. The Morgan fingerprint density at radius 2 is 1.38 bits per heavy atom. The number of rotatable bonds is 6. The van der Waals surface area contributed by atoms with E-state index in [0.717, 1.165) is 18.2 Å². The molecule has 0 fully saturated rings. The van der Waals surface area contributed by atoms with Gasteiger partial charge in [-0.3, -0.25) is 14.1 Å². The highest BCUT2D eigenvalue weighted by Gasteiger charge is 2.18. The quantitative estimate of drug-likeness (QED) is 0.533. The third-order valence-electron chi connectivity index (χ3n) is 3.36. The lowest BCUT2D eigenvalue weighted by molar-refractivity contribution is -0.112. The molecule has 2 aromatic carbocycles. The highest BCUT2D eigenvalue weighted by atomic mass is 32.2. The topological polar surface area (TPSA) is 113 Å². The summed E-state index contributed by atoms with van der Waals surface area (Å²) in [5, 5.41) is 5.00. The highest BCUT2D eigenvalue weighted by molar-refractivity contribution is 7.86. The summed E-state index contributed by atoms with van der Waals surface area (Å²) in [6.45, 7) is 6.66. The van der Waals surface area contributed by atoms with E-state index in [4.69, 9.17) is 0 Å². The summed E-state index contributed by atoms with van der Waals surface area (Å²) in [6, 6.07) is 10.4. The third-order valence-corrected chi connectivity index (χ3v) is 4.25. The predicted octanol–water partition coefficient (Wildman–Crippen LogP) is 2.85. The molecule has 3 N–H and O–H groups in total. The fourth-order valence-corrected chi connectivity index (χ4v) is 2.91. The molecule has 134 valence electrons. The Hall–Kier alpha value is -3.23. The van der Waals surface area contributed by atoms with Crippen LogP contribution in [0.3, 0.4) is 0 Å². The van der Waals surface area contributed by atoms with Crippen molar-refractivity contribution >= 4 is 33.3 Å². The highest BCUT2D eigenvalue weighted by Crippen LogP contribution is 2.30. The van der Waals surface area contributed by atoms with Gasteiger partial charge in [-0.25, -0.2) is 0 Å². The van der Waals surface area contributed by atoms with Crippen LogP contribution in [0.2, 0.25) is 0 Å². The maximum atomic E-state index is 11.7. The van der Waals surface area contributed by atoms with Crippen molar-refractivity contribution in [3.63, 3.8) is 0 Å². The van der Waals surface area contributed by atoms with Gasteiger partial charge in [0.2, 0.25) is 11.8 Å². The molecule has 0 aliphatic carbocycles. The van der Waals surface area contributed by atoms with Gasteiger partial charge in [0.1, 0.15) is 4.90 Å². The average molecular weight is 372 g/mol. The summed E-state index contributed by atoms with van der Waals surface area (Å²) >= 11 is 0. The summed E-state index contributed by atoms with van der Waals surface area (Å²) in [7, 11) is -4.54. The van der Waals surface area contributed by atoms with Gasteiger partial charge in [0, 0.05) is 16.9 Å². The van der Waals surface area contributed by atoms with Crippen molar-refractivity contribution in [3.05, 3.63) is 67.8 Å². The first-order chi connectivity index (χ1) is 12.2. The van der Waals surface area contributed by atoms with E-state index in [1.54, 1.807) is 24.3 Å². The number of hydrogen-bond acceptors (Lipinski definition) is 4. The fourth-order valence-electron chi connectivity index (χ4n) is 2.17. The number of carbonyl (C=O) groups excluding carboxylic acids is 2. The van der Waals surface area contributed by atoms with E-state index >= 15 is 0 Å². The molecule has 0 unspecified atom stereocenters. The number of hydrogen-bond donors (Lipinski definition) is 3. The molecule has 2 aromatic rings. The number of nitrogens with one attached hydrogen (secondary N) is 2. The maximum absolute atomic E-state index is 11.7. The fraction of sp³-hybridized carbons (Fsp3) is 0. The van der Waals surface area contributed by atoms with E-state index in [2.05, 4.69) is 23.8 Å². The van der Waals surface area contributed by atoms with Gasteiger partial charge in [-0.1, -0.05) is 31.4 Å². The molecule has 8 heteroatoms. The van der Waals surface area contributed by atoms with Crippen LogP contribution in [-0.2, 0) is 19.7 Å². The minimum absolute atomic E-state index is 0.196. The molecular formula is C18H16N2O5S. The molecule has 0 radical (unpaired) electrons. The van der Waals surface area contributed by atoms with E-state index in [9.17, 15) is 22.6 Å². The van der Waals surface area contributed by atoms with Crippen LogP contribution in [0.25, 0.3) is 11.1 Å². The molecule has 26 heavy (non-hydrogen) atoms. The lowest BCUT2D eigenvalue weighted by Crippen LogP contribution is -2.09. The monoisotopic (exact) mass is 372 g/mol. The van der Waals surface area contributed by atoms with Crippen molar-refractivity contribution in [2.24, 2.45) is 0 Å². The molecule has 0 aliphatic rings. The van der Waals surface area contributed by atoms with Crippen LogP contribution in [0.1, 0.15) is 0 Å². The maximum Gasteiger partial charge on any atom is 0.295 e. The van der Waals surface area contributed by atoms with Gasteiger partial charge in [0.15, 0.2) is 0 Å². The molecular weight excluding hydrogens is 356 g/mol. The summed E-state index contributed by atoms with van der Waals surface area (Å²) in [5.74, 6) is -0.889. The van der Waals surface area contributed by atoms with Gasteiger partial charge >= 0.3 is 0 Å². The van der Waals surface area contributed by atoms with Crippen LogP contribution >= 0.6 is 0 Å². The number of benzene rings is 2. The molecule has 0 heterocycles. The zero-order chi connectivity index (χ0) is 19.3. The predicted molar refractivity (Wildman–Crippen MR) is 99.3 cm³/mol. The standard InChI is InChI=1S/C18H16N2O5S/c1-3-17(21)19-13-7-5-12(6-8-13)15-10-9-14(20-18(22)4-2)11-16(15)26(23,24)25/h3-11H,1-2H2,(H,19,21)(H,20,22)(H,23,24,25). The van der Waals surface area contributed by atoms with E-state index in [1.165, 1.54) is 12.1 Å². The van der Waals surface area contributed by atoms with Crippen LogP contribution < -0.4 is 10.6 Å². The molecule has 7 nitrogen and oxygen atoms in total. The second-order valence-corrected chi connectivity index (χ2v) is 6.54. The van der Waals surface area contributed by atoms with E-state index < -0.39 is 16.0 Å². The van der Waals surface area contributed by atoms with Crippen molar-refractivity contribution in [1.82, 2.24) is 0 Å². The van der Waals surface area contributed by atoms with Gasteiger partial charge < -0.3 is 10.6 Å². The van der Waals surface area contributed by atoms with Gasteiger partial charge in [-0.15, -0.1) is 0 Å². The first-order valence-electron chi connectivity index (χ1n) is 7.33. The molecule has 0 saturated carbocycles. The minimum Gasteiger partial charge on any atom is -0.323 e. The zero-order valence-corrected chi connectivity index (χ0v) is 14.4. The smallest absolute Gasteiger partial charge is 0.295 e. The number of amides is 2. The van der Waals surface area contributed by atoms with Gasteiger partial charge in [0.05, 0.1) is 0 Å². The van der Waals surface area contributed by atoms with Crippen molar-refractivity contribution in [2.75, 3.05) is 10.6 Å². The van der Waals surface area contributed by atoms with Crippen LogP contribution in [0.15, 0.2) is 72.7 Å². The Morgan fingerprint density at radius 1 is 0.885 bits per heavy atom. The second-order valence-electron chi connectivity index (χ2n) is 5.15. The van der Waals surface area contributed by atoms with Crippen LogP contribution in [0, 0.1) is 0 Å². The van der Waals surface area contributed by atoms with E-state index in [1.807, 2.05) is 0 Å². The Bertz CT molecular complexity index is 979. The third kappa shape index (κ3) is 4.65. The van der Waals surface area contributed by atoms with Gasteiger partial charge in [0.25, 0.3) is 10.1 Å². The first-order valence-corrected chi connectivity index (χ1v) is 8.77. The SMILES string of the molecule is C=CC(=O)Nc1ccc(-c2ccc(NC(=O)C=C)cc2S(=O)(=O)O)cc1. The van der Waals surface area contributed by atoms with E-state index in [-0.39, 0.29) is 22.1 Å². The molecule has 0 saturated heterocycles. The van der Waals surface area contributed by atoms with Crippen molar-refractivity contribution < 1.29 is 22.6 Å². The van der Waals surface area contributed by atoms with Crippen LogP contribution in [0.5, 0.6) is 0 Å². The molecule has 0 spiro atoms. The molecule has 2 amide bonds. The molecule has 0 aliphatic heterocycles. The Balaban J connectivity index is 2.45. The molecule has 0 bridgehead atoms. The minimum atomic E-state index is -4.54. The average Bonchev–Trinajstić information content (AvgIpc) is 2.61. The summed E-state index contributed by atoms with van der Waals surface area (Å²) < 4.78 is 33.0. The lowest BCUT2D eigenvalue weighted by atomic mass is 10.0. The summed E-state index contributed by atoms with van der Waals surface area (Å²) in [6.07, 6.45) is 2.16. The van der Waals surface area contributed by atoms with Gasteiger partial charge in [-0.2, -0.15) is 8.42 Å². The number of anilines is 2. The molecule has 0 atom stereocenters. The largest absolute Gasteiger partial charge is 0.323 e. The van der Waals surface area contributed by atoms with Crippen molar-refractivity contribution in [2.45, 2.75) is 4.90 Å². The van der Waals surface area contributed by atoms with Crippen LogP contribution in [0.4, 0.5) is 11.4 Å². The summed E-state index contributed by atoms with van der Waals surface area (Å²) in [4.78, 5) is 22.3. The lowest BCUT2D eigenvalue weighted by Gasteiger charge is -2.11. The van der Waals surface area contributed by atoms with E-state index in [0.29, 0.717) is 11.3 Å². The molecule has 2 rings (SSSR count). The zero-order valence-electron chi connectivity index (χ0n) is 13.6. The second kappa shape index (κ2) is 7.77. The Morgan fingerprint density at radius 3 is 1.88 bits per heavy atom. The van der Waals surface area contributed by atoms with Crippen LogP contribution in [-0.4, -0.2) is 24.8 Å². The summed E-state index contributed by atoms with van der Waals surface area (Å²) in [5.41, 5.74) is 1.43.